The van der Waals surface area contributed by atoms with Gasteiger partial charge in [0.15, 0.2) is 0 Å². The van der Waals surface area contributed by atoms with Crippen LogP contribution in [0.1, 0.15) is 26.3 Å². The first-order valence-corrected chi connectivity index (χ1v) is 10.3. The predicted molar refractivity (Wildman–Crippen MR) is 121 cm³/mol. The minimum Gasteiger partial charge on any atom is -0.497 e. The number of benzene rings is 2. The number of hydrogen-bond donors (Lipinski definition) is 2. The van der Waals surface area contributed by atoms with Crippen LogP contribution < -0.4 is 20.7 Å². The summed E-state index contributed by atoms with van der Waals surface area (Å²) in [5, 5.41) is 3.28. The molecule has 168 valence electrons. The van der Waals surface area contributed by atoms with Crippen molar-refractivity contribution in [3.05, 3.63) is 47.8 Å². The summed E-state index contributed by atoms with van der Waals surface area (Å²) < 4.78 is 24.4. The van der Waals surface area contributed by atoms with Crippen molar-refractivity contribution in [2.75, 3.05) is 49.2 Å². The Labute approximate surface area is 182 Å². The largest absolute Gasteiger partial charge is 0.497 e. The Morgan fingerprint density at radius 1 is 1.16 bits per heavy atom. The third-order valence-corrected chi connectivity index (χ3v) is 5.01. The van der Waals surface area contributed by atoms with Crippen LogP contribution >= 0.6 is 0 Å². The van der Waals surface area contributed by atoms with Gasteiger partial charge in [0.1, 0.15) is 17.2 Å². The summed E-state index contributed by atoms with van der Waals surface area (Å²) in [7, 11) is 1.60. The molecule has 2 aromatic rings. The first kappa shape index (κ1) is 22.5. The number of anilines is 3. The van der Waals surface area contributed by atoms with Crippen LogP contribution in [0.15, 0.2) is 36.4 Å². The predicted octanol–water partition coefficient (Wildman–Crippen LogP) is 4.09. The van der Waals surface area contributed by atoms with E-state index in [4.69, 9.17) is 15.2 Å². The number of piperazine rings is 1. The lowest BCUT2D eigenvalue weighted by atomic mass is 10.1. The third-order valence-electron chi connectivity index (χ3n) is 5.01. The Morgan fingerprint density at radius 3 is 2.48 bits per heavy atom. The minimum absolute atomic E-state index is 0.276. The van der Waals surface area contributed by atoms with Crippen LogP contribution in [0.5, 0.6) is 5.75 Å². The molecule has 0 aliphatic carbocycles. The van der Waals surface area contributed by atoms with E-state index in [0.29, 0.717) is 49.8 Å². The Kier molecular flexibility index (Phi) is 6.77. The van der Waals surface area contributed by atoms with Gasteiger partial charge >= 0.3 is 6.09 Å². The summed E-state index contributed by atoms with van der Waals surface area (Å²) in [5.41, 5.74) is 8.90. The number of hydrogen-bond acceptors (Lipinski definition) is 6. The highest BCUT2D eigenvalue weighted by Crippen LogP contribution is 2.36. The Morgan fingerprint density at radius 2 is 1.87 bits per heavy atom. The number of carbonyl (C=O) groups is 1. The smallest absolute Gasteiger partial charge is 0.410 e. The SMILES string of the molecule is COc1cc(NCc2cccc(F)c2)c(N)c(N2CCN(C(=O)OC(C)(C)C)CC2)c1. The van der Waals surface area contributed by atoms with Gasteiger partial charge in [0.25, 0.3) is 0 Å². The van der Waals surface area contributed by atoms with Gasteiger partial charge in [-0.2, -0.15) is 0 Å². The highest BCUT2D eigenvalue weighted by Gasteiger charge is 2.27. The number of ether oxygens (including phenoxy) is 2. The van der Waals surface area contributed by atoms with Crippen molar-refractivity contribution in [3.63, 3.8) is 0 Å². The van der Waals surface area contributed by atoms with Crippen molar-refractivity contribution in [1.29, 1.82) is 0 Å². The van der Waals surface area contributed by atoms with E-state index in [1.165, 1.54) is 12.1 Å². The second-order valence-electron chi connectivity index (χ2n) is 8.55. The fraction of sp³-hybridized carbons (Fsp3) is 0.435. The van der Waals surface area contributed by atoms with Crippen LogP contribution in [0.4, 0.5) is 26.2 Å². The molecule has 1 fully saturated rings. The number of nitrogens with two attached hydrogens (primary N) is 1. The highest BCUT2D eigenvalue weighted by atomic mass is 19.1. The summed E-state index contributed by atoms with van der Waals surface area (Å²) in [5.74, 6) is 0.391. The van der Waals surface area contributed by atoms with Crippen LogP contribution in [-0.2, 0) is 11.3 Å². The quantitative estimate of drug-likeness (QED) is 0.696. The maximum absolute atomic E-state index is 13.5. The molecule has 1 saturated heterocycles. The van der Waals surface area contributed by atoms with Crippen molar-refractivity contribution in [3.8, 4) is 5.75 Å². The van der Waals surface area contributed by atoms with Crippen molar-refractivity contribution in [1.82, 2.24) is 4.90 Å². The first-order chi connectivity index (χ1) is 14.7. The van der Waals surface area contributed by atoms with Crippen molar-refractivity contribution in [2.24, 2.45) is 0 Å². The van der Waals surface area contributed by atoms with E-state index in [1.54, 1.807) is 18.1 Å². The molecule has 1 aliphatic heterocycles. The molecule has 3 N–H and O–H groups in total. The molecule has 0 aromatic heterocycles. The van der Waals surface area contributed by atoms with E-state index in [-0.39, 0.29) is 11.9 Å². The average molecular weight is 431 g/mol. The number of carbonyl (C=O) groups excluding carboxylic acids is 1. The molecule has 31 heavy (non-hydrogen) atoms. The summed E-state index contributed by atoms with van der Waals surface area (Å²) in [4.78, 5) is 16.2. The zero-order valence-corrected chi connectivity index (χ0v) is 18.6. The molecule has 0 bridgehead atoms. The lowest BCUT2D eigenvalue weighted by Gasteiger charge is -2.37. The van der Waals surface area contributed by atoms with Gasteiger partial charge in [0.2, 0.25) is 0 Å². The average Bonchev–Trinajstić information content (AvgIpc) is 2.72. The molecule has 0 unspecified atom stereocenters. The molecule has 8 heteroatoms. The van der Waals surface area contributed by atoms with Crippen LogP contribution in [0.2, 0.25) is 0 Å². The van der Waals surface area contributed by atoms with Gasteiger partial charge < -0.3 is 30.3 Å². The van der Waals surface area contributed by atoms with Crippen molar-refractivity contribution >= 4 is 23.2 Å². The molecule has 7 nitrogen and oxygen atoms in total. The first-order valence-electron chi connectivity index (χ1n) is 10.3. The lowest BCUT2D eigenvalue weighted by molar-refractivity contribution is 0.0240. The van der Waals surface area contributed by atoms with Crippen LogP contribution in [-0.4, -0.2) is 49.9 Å². The summed E-state index contributed by atoms with van der Waals surface area (Å²) in [6.45, 7) is 8.33. The highest BCUT2D eigenvalue weighted by molar-refractivity contribution is 5.83. The van der Waals surface area contributed by atoms with Crippen LogP contribution in [0.25, 0.3) is 0 Å². The second kappa shape index (κ2) is 9.32. The molecule has 0 saturated carbocycles. The minimum atomic E-state index is -0.520. The Hall–Kier alpha value is -3.16. The maximum Gasteiger partial charge on any atom is 0.410 e. The Bertz CT molecular complexity index is 922. The van der Waals surface area contributed by atoms with Gasteiger partial charge in [0.05, 0.1) is 24.2 Å². The van der Waals surface area contributed by atoms with E-state index < -0.39 is 5.60 Å². The fourth-order valence-electron chi connectivity index (χ4n) is 3.44. The molecule has 0 radical (unpaired) electrons. The van der Waals surface area contributed by atoms with E-state index in [1.807, 2.05) is 39.0 Å². The van der Waals surface area contributed by atoms with Gasteiger partial charge in [-0.15, -0.1) is 0 Å². The number of nitrogens with one attached hydrogen (secondary N) is 1. The normalized spacial score (nSPS) is 14.4. The standard InChI is InChI=1S/C23H31FN4O3/c1-23(2,3)31-22(29)28-10-8-27(9-11-28)20-14-18(30-4)13-19(21(20)25)26-15-16-6-5-7-17(24)12-16/h5-7,12-14,26H,8-11,15,25H2,1-4H3. The summed E-state index contributed by atoms with van der Waals surface area (Å²) >= 11 is 0. The molecule has 3 rings (SSSR count). The van der Waals surface area contributed by atoms with Crippen molar-refractivity contribution < 1.29 is 18.7 Å². The van der Waals surface area contributed by atoms with E-state index in [9.17, 15) is 9.18 Å². The second-order valence-corrected chi connectivity index (χ2v) is 8.55. The van der Waals surface area contributed by atoms with Gasteiger partial charge in [-0.05, 0) is 38.5 Å². The number of nitrogens with zero attached hydrogens (tertiary/aromatic N) is 2. The van der Waals surface area contributed by atoms with Crippen molar-refractivity contribution in [2.45, 2.75) is 32.9 Å². The molecule has 1 heterocycles. The van der Waals surface area contributed by atoms with Crippen LogP contribution in [0, 0.1) is 5.82 Å². The molecular weight excluding hydrogens is 399 g/mol. The number of rotatable bonds is 5. The Balaban J connectivity index is 1.71. The van der Waals surface area contributed by atoms with E-state index >= 15 is 0 Å². The topological polar surface area (TPSA) is 80.1 Å². The molecule has 1 aliphatic rings. The van der Waals surface area contributed by atoms with Gasteiger partial charge in [-0.3, -0.25) is 0 Å². The summed E-state index contributed by atoms with van der Waals surface area (Å²) in [6, 6.07) is 10.2. The lowest BCUT2D eigenvalue weighted by Crippen LogP contribution is -2.50. The molecule has 2 aromatic carbocycles. The molecule has 0 spiro atoms. The molecule has 1 amide bonds. The molecular formula is C23H31FN4O3. The van der Waals surface area contributed by atoms with E-state index in [0.717, 1.165) is 11.3 Å². The van der Waals surface area contributed by atoms with Crippen LogP contribution in [0.3, 0.4) is 0 Å². The molecule has 0 atom stereocenters. The number of nitrogen functional groups attached to an aromatic ring is 1. The monoisotopic (exact) mass is 430 g/mol. The zero-order chi connectivity index (χ0) is 22.6. The fourth-order valence-corrected chi connectivity index (χ4v) is 3.44. The number of methoxy groups -OCH3 is 1. The third kappa shape index (κ3) is 5.93. The summed E-state index contributed by atoms with van der Waals surface area (Å²) in [6.07, 6.45) is -0.303. The maximum atomic E-state index is 13.5. The van der Waals surface area contributed by atoms with Gasteiger partial charge in [-0.25, -0.2) is 9.18 Å². The van der Waals surface area contributed by atoms with Gasteiger partial charge in [-0.1, -0.05) is 12.1 Å². The number of halogens is 1. The van der Waals surface area contributed by atoms with E-state index in [2.05, 4.69) is 10.2 Å². The van der Waals surface area contributed by atoms with Gasteiger partial charge in [0, 0.05) is 44.9 Å². The zero-order valence-electron chi connectivity index (χ0n) is 18.6. The number of amides is 1.